The van der Waals surface area contributed by atoms with Crippen LogP contribution in [0.2, 0.25) is 0 Å². The highest BCUT2D eigenvalue weighted by Gasteiger charge is 2.20. The molecule has 2 aromatic rings. The molecular weight excluding hydrogens is 275 g/mol. The lowest BCUT2D eigenvalue weighted by molar-refractivity contribution is 0.466. The van der Waals surface area contributed by atoms with Gasteiger partial charge >= 0.3 is 0 Å². The lowest BCUT2D eigenvalue weighted by atomic mass is 10.1. The van der Waals surface area contributed by atoms with E-state index in [1.807, 2.05) is 12.1 Å². The lowest BCUT2D eigenvalue weighted by Crippen LogP contribution is -2.39. The first-order chi connectivity index (χ1) is 7.83. The average molecular weight is 291 g/mol. The molecule has 2 aromatic heterocycles. The van der Waals surface area contributed by atoms with Gasteiger partial charge in [0.1, 0.15) is 0 Å². The monoisotopic (exact) mass is 290 g/mol. The van der Waals surface area contributed by atoms with Crippen molar-refractivity contribution >= 4 is 42.1 Å². The molecule has 5 nitrogen and oxygen atoms in total. The van der Waals surface area contributed by atoms with Crippen LogP contribution in [-0.4, -0.2) is 29.1 Å². The van der Waals surface area contributed by atoms with Crippen molar-refractivity contribution in [2.45, 2.75) is 18.9 Å². The highest BCUT2D eigenvalue weighted by atomic mass is 35.5. The first kappa shape index (κ1) is 15.0. The summed E-state index contributed by atoms with van der Waals surface area (Å²) in [4.78, 5) is 10.7. The SMILES string of the molecule is Cl.Cl.NC1CCN(c2nc3ncccc3o2)CC1. The molecule has 2 N–H and O–H groups in total. The molecule has 0 spiro atoms. The molecule has 7 heteroatoms. The zero-order valence-electron chi connectivity index (χ0n) is 9.78. The van der Waals surface area contributed by atoms with Crippen molar-refractivity contribution in [3.05, 3.63) is 18.3 Å². The third-order valence-corrected chi connectivity index (χ3v) is 2.96. The summed E-state index contributed by atoms with van der Waals surface area (Å²) in [6.07, 6.45) is 3.71. The van der Waals surface area contributed by atoms with Crippen LogP contribution in [0.3, 0.4) is 0 Å². The van der Waals surface area contributed by atoms with E-state index in [0.29, 0.717) is 17.7 Å². The number of nitrogens with two attached hydrogens (primary N) is 1. The average Bonchev–Trinajstić information content (AvgIpc) is 2.73. The van der Waals surface area contributed by atoms with E-state index in [1.165, 1.54) is 0 Å². The quantitative estimate of drug-likeness (QED) is 0.870. The van der Waals surface area contributed by atoms with Crippen molar-refractivity contribution in [3.8, 4) is 0 Å². The third-order valence-electron chi connectivity index (χ3n) is 2.96. The van der Waals surface area contributed by atoms with Gasteiger partial charge in [-0.25, -0.2) is 4.98 Å². The minimum atomic E-state index is 0. The summed E-state index contributed by atoms with van der Waals surface area (Å²) in [5, 5.41) is 0. The second-order valence-electron chi connectivity index (χ2n) is 4.15. The molecule has 0 amide bonds. The normalized spacial score (nSPS) is 16.2. The second kappa shape index (κ2) is 6.22. The van der Waals surface area contributed by atoms with E-state index in [2.05, 4.69) is 14.9 Å². The summed E-state index contributed by atoms with van der Waals surface area (Å²) in [5.74, 6) is 0. The smallest absolute Gasteiger partial charge is 0.299 e. The molecule has 3 rings (SSSR count). The molecule has 0 aliphatic carbocycles. The fraction of sp³-hybridized carbons (Fsp3) is 0.455. The Balaban J connectivity index is 0.000000810. The number of hydrogen-bond acceptors (Lipinski definition) is 5. The molecule has 0 radical (unpaired) electrons. The minimum Gasteiger partial charge on any atom is -0.422 e. The molecule has 0 unspecified atom stereocenters. The predicted octanol–water partition coefficient (Wildman–Crippen LogP) is 1.99. The Kier molecular flexibility index (Phi) is 5.19. The fourth-order valence-electron chi connectivity index (χ4n) is 1.98. The van der Waals surface area contributed by atoms with Crippen molar-refractivity contribution in [2.75, 3.05) is 18.0 Å². The van der Waals surface area contributed by atoms with Gasteiger partial charge in [-0.2, -0.15) is 4.98 Å². The molecule has 0 atom stereocenters. The number of halogens is 2. The number of fused-ring (bicyclic) bond motifs is 1. The van der Waals surface area contributed by atoms with Crippen LogP contribution in [0.4, 0.5) is 6.01 Å². The molecule has 0 aromatic carbocycles. The maximum atomic E-state index is 5.86. The summed E-state index contributed by atoms with van der Waals surface area (Å²) in [6, 6.07) is 4.72. The molecule has 1 saturated heterocycles. The largest absolute Gasteiger partial charge is 0.422 e. The highest BCUT2D eigenvalue weighted by Crippen LogP contribution is 2.22. The maximum Gasteiger partial charge on any atom is 0.299 e. The van der Waals surface area contributed by atoms with Gasteiger partial charge in [0.05, 0.1) is 0 Å². The van der Waals surface area contributed by atoms with Gasteiger partial charge < -0.3 is 15.1 Å². The first-order valence-electron chi connectivity index (χ1n) is 5.55. The number of rotatable bonds is 1. The van der Waals surface area contributed by atoms with Crippen molar-refractivity contribution in [1.29, 1.82) is 0 Å². The maximum absolute atomic E-state index is 5.86. The Morgan fingerprint density at radius 1 is 1.28 bits per heavy atom. The van der Waals surface area contributed by atoms with Crippen molar-refractivity contribution < 1.29 is 4.42 Å². The van der Waals surface area contributed by atoms with Crippen molar-refractivity contribution in [3.63, 3.8) is 0 Å². The summed E-state index contributed by atoms with van der Waals surface area (Å²) in [7, 11) is 0. The zero-order valence-corrected chi connectivity index (χ0v) is 11.4. The van der Waals surface area contributed by atoms with E-state index in [-0.39, 0.29) is 24.8 Å². The Bertz CT molecular complexity index is 464. The molecule has 1 aliphatic heterocycles. The summed E-state index contributed by atoms with van der Waals surface area (Å²) in [6.45, 7) is 1.82. The van der Waals surface area contributed by atoms with Gasteiger partial charge in [-0.15, -0.1) is 24.8 Å². The zero-order chi connectivity index (χ0) is 11.0. The van der Waals surface area contributed by atoms with Gasteiger partial charge in [-0.3, -0.25) is 0 Å². The van der Waals surface area contributed by atoms with Gasteiger partial charge in [0.2, 0.25) is 5.65 Å². The fourth-order valence-corrected chi connectivity index (χ4v) is 1.98. The van der Waals surface area contributed by atoms with Gasteiger partial charge in [-0.1, -0.05) is 0 Å². The molecule has 100 valence electrons. The van der Waals surface area contributed by atoms with Crippen LogP contribution in [0.25, 0.3) is 11.2 Å². The van der Waals surface area contributed by atoms with E-state index in [1.54, 1.807) is 6.20 Å². The summed E-state index contributed by atoms with van der Waals surface area (Å²) in [5.41, 5.74) is 7.28. The van der Waals surface area contributed by atoms with E-state index in [9.17, 15) is 0 Å². The topological polar surface area (TPSA) is 68.2 Å². The second-order valence-corrected chi connectivity index (χ2v) is 4.15. The van der Waals surface area contributed by atoms with E-state index < -0.39 is 0 Å². The number of pyridine rings is 1. The highest BCUT2D eigenvalue weighted by molar-refractivity contribution is 5.85. The predicted molar refractivity (Wildman–Crippen MR) is 75.7 cm³/mol. The van der Waals surface area contributed by atoms with Crippen LogP contribution in [-0.2, 0) is 0 Å². The molecule has 1 fully saturated rings. The van der Waals surface area contributed by atoms with E-state index in [4.69, 9.17) is 10.2 Å². The number of piperidine rings is 1. The van der Waals surface area contributed by atoms with Gasteiger partial charge in [0.25, 0.3) is 6.01 Å². The molecule has 0 bridgehead atoms. The van der Waals surface area contributed by atoms with Gasteiger partial charge in [0.15, 0.2) is 5.58 Å². The molecule has 3 heterocycles. The van der Waals surface area contributed by atoms with Crippen LogP contribution in [0.5, 0.6) is 0 Å². The number of aromatic nitrogens is 2. The Hall–Kier alpha value is -1.04. The van der Waals surface area contributed by atoms with Crippen molar-refractivity contribution in [2.24, 2.45) is 5.73 Å². The van der Waals surface area contributed by atoms with Crippen LogP contribution >= 0.6 is 24.8 Å². The Labute approximate surface area is 118 Å². The number of nitrogens with zero attached hydrogens (tertiary/aromatic N) is 3. The van der Waals surface area contributed by atoms with Gasteiger partial charge in [-0.05, 0) is 25.0 Å². The number of anilines is 1. The Morgan fingerprint density at radius 2 is 2.00 bits per heavy atom. The van der Waals surface area contributed by atoms with Crippen LogP contribution in [0, 0.1) is 0 Å². The van der Waals surface area contributed by atoms with E-state index in [0.717, 1.165) is 31.5 Å². The van der Waals surface area contributed by atoms with Crippen LogP contribution in [0.15, 0.2) is 22.7 Å². The van der Waals surface area contributed by atoms with E-state index >= 15 is 0 Å². The minimum absolute atomic E-state index is 0. The molecular formula is C11H16Cl2N4O. The van der Waals surface area contributed by atoms with Crippen LogP contribution < -0.4 is 10.6 Å². The standard InChI is InChI=1S/C11H14N4O.2ClH/c12-8-3-6-15(7-4-8)11-14-10-9(16-11)2-1-5-13-10;;/h1-2,5,8H,3-4,6-7,12H2;2*1H. The lowest BCUT2D eigenvalue weighted by Gasteiger charge is -2.28. The molecule has 0 saturated carbocycles. The third kappa shape index (κ3) is 2.85. The van der Waals surface area contributed by atoms with Crippen LogP contribution in [0.1, 0.15) is 12.8 Å². The first-order valence-corrected chi connectivity index (χ1v) is 5.55. The Morgan fingerprint density at radius 3 is 2.67 bits per heavy atom. The number of oxazole rings is 1. The molecule has 18 heavy (non-hydrogen) atoms. The van der Waals surface area contributed by atoms with Gasteiger partial charge in [0, 0.05) is 25.3 Å². The summed E-state index contributed by atoms with van der Waals surface area (Å²) < 4.78 is 5.65. The number of hydrogen-bond donors (Lipinski definition) is 1. The summed E-state index contributed by atoms with van der Waals surface area (Å²) >= 11 is 0. The molecule has 1 aliphatic rings. The van der Waals surface area contributed by atoms with Crippen molar-refractivity contribution in [1.82, 2.24) is 9.97 Å².